The van der Waals surface area contributed by atoms with Crippen molar-refractivity contribution in [3.8, 4) is 0 Å². The molecule has 140 valence electrons. The quantitative estimate of drug-likeness (QED) is 0.422. The number of benzene rings is 2. The normalized spacial score (nSPS) is 10.6. The van der Waals surface area contributed by atoms with Crippen LogP contribution in [0.5, 0.6) is 0 Å². The third-order valence-corrected chi connectivity index (χ3v) is 3.67. The van der Waals surface area contributed by atoms with Crippen LogP contribution in [0.1, 0.15) is 42.1 Å². The highest BCUT2D eigenvalue weighted by molar-refractivity contribution is 5.96. The Hall–Kier alpha value is -3.55. The van der Waals surface area contributed by atoms with Crippen LogP contribution in [0.3, 0.4) is 0 Å². The first-order valence-electron chi connectivity index (χ1n) is 8.47. The fraction of sp³-hybridized carbons (Fsp3) is 0.211. The van der Waals surface area contributed by atoms with Crippen molar-refractivity contribution >= 4 is 29.4 Å². The molecule has 0 heterocycles. The van der Waals surface area contributed by atoms with Crippen molar-refractivity contribution < 1.29 is 14.5 Å². The first-order chi connectivity index (χ1) is 13.0. The summed E-state index contributed by atoms with van der Waals surface area (Å²) in [6.07, 6.45) is 3.64. The second-order valence-corrected chi connectivity index (χ2v) is 5.78. The van der Waals surface area contributed by atoms with Gasteiger partial charge < -0.3 is 5.32 Å². The minimum absolute atomic E-state index is 0.0157. The van der Waals surface area contributed by atoms with Gasteiger partial charge in [-0.3, -0.25) is 19.7 Å². The van der Waals surface area contributed by atoms with E-state index in [4.69, 9.17) is 0 Å². The summed E-state index contributed by atoms with van der Waals surface area (Å²) in [5.41, 5.74) is 4.00. The molecule has 0 spiro atoms. The molecular formula is C19H20N4O4. The highest BCUT2D eigenvalue weighted by Gasteiger charge is 2.06. The number of nitrogens with zero attached hydrogens (tertiary/aromatic N) is 2. The molecule has 0 aliphatic heterocycles. The Kier molecular flexibility index (Phi) is 7.18. The minimum atomic E-state index is -0.488. The summed E-state index contributed by atoms with van der Waals surface area (Å²) in [6.45, 7) is 2.02. The van der Waals surface area contributed by atoms with Gasteiger partial charge in [0.1, 0.15) is 0 Å². The molecule has 27 heavy (non-hydrogen) atoms. The topological polar surface area (TPSA) is 114 Å². The van der Waals surface area contributed by atoms with Gasteiger partial charge in [0.05, 0.1) is 11.1 Å². The van der Waals surface area contributed by atoms with Crippen LogP contribution in [-0.2, 0) is 4.79 Å². The summed E-state index contributed by atoms with van der Waals surface area (Å²) < 4.78 is 0. The van der Waals surface area contributed by atoms with Gasteiger partial charge in [-0.05, 0) is 48.4 Å². The number of anilines is 1. The summed E-state index contributed by atoms with van der Waals surface area (Å²) in [5, 5.41) is 17.2. The molecule has 2 aromatic rings. The smallest absolute Gasteiger partial charge is 0.271 e. The van der Waals surface area contributed by atoms with Gasteiger partial charge in [-0.2, -0.15) is 5.10 Å². The summed E-state index contributed by atoms with van der Waals surface area (Å²) in [6, 6.07) is 12.3. The van der Waals surface area contributed by atoms with Crippen LogP contribution >= 0.6 is 0 Å². The predicted molar refractivity (Wildman–Crippen MR) is 103 cm³/mol. The van der Waals surface area contributed by atoms with Gasteiger partial charge in [-0.15, -0.1) is 0 Å². The maximum Gasteiger partial charge on any atom is 0.271 e. The van der Waals surface area contributed by atoms with Crippen LogP contribution in [-0.4, -0.2) is 23.0 Å². The number of hydrogen-bond donors (Lipinski definition) is 2. The van der Waals surface area contributed by atoms with Crippen molar-refractivity contribution in [2.45, 2.75) is 26.2 Å². The molecule has 0 saturated heterocycles. The maximum absolute atomic E-state index is 12.1. The Balaban J connectivity index is 1.88. The van der Waals surface area contributed by atoms with Crippen LogP contribution < -0.4 is 10.7 Å². The van der Waals surface area contributed by atoms with E-state index in [9.17, 15) is 19.7 Å². The molecule has 0 radical (unpaired) electrons. The van der Waals surface area contributed by atoms with E-state index in [-0.39, 0.29) is 11.6 Å². The molecule has 8 heteroatoms. The Bertz CT molecular complexity index is 830. The number of hydrogen-bond acceptors (Lipinski definition) is 5. The zero-order valence-electron chi connectivity index (χ0n) is 14.8. The van der Waals surface area contributed by atoms with Crippen molar-refractivity contribution in [3.05, 3.63) is 69.8 Å². The highest BCUT2D eigenvalue weighted by atomic mass is 16.6. The van der Waals surface area contributed by atoms with E-state index in [1.165, 1.54) is 30.5 Å². The van der Waals surface area contributed by atoms with Gasteiger partial charge in [0.15, 0.2) is 0 Å². The molecule has 0 aliphatic carbocycles. The number of nitrogens with one attached hydrogen (secondary N) is 2. The van der Waals surface area contributed by atoms with Crippen LogP contribution in [0.25, 0.3) is 0 Å². The number of non-ortho nitro benzene ring substituents is 1. The maximum atomic E-state index is 12.1. The predicted octanol–water partition coefficient (Wildman–Crippen LogP) is 3.49. The number of hydrazone groups is 1. The number of amides is 2. The lowest BCUT2D eigenvalue weighted by Gasteiger charge is -2.05. The third kappa shape index (κ3) is 6.35. The van der Waals surface area contributed by atoms with Gasteiger partial charge in [0, 0.05) is 29.8 Å². The Morgan fingerprint density at radius 1 is 1.11 bits per heavy atom. The molecule has 0 saturated carbocycles. The Morgan fingerprint density at radius 3 is 2.37 bits per heavy atom. The lowest BCUT2D eigenvalue weighted by Crippen LogP contribution is -2.17. The molecule has 0 aromatic heterocycles. The standard InChI is InChI=1S/C19H20N4O4/c1-2-3-4-18(24)21-16-9-7-15(8-10-16)19(25)22-20-13-14-5-11-17(12-6-14)23(26)27/h5-13H,2-4H2,1H3,(H,21,24)(H,22,25)/b20-13+. The zero-order chi connectivity index (χ0) is 19.6. The highest BCUT2D eigenvalue weighted by Crippen LogP contribution is 2.12. The number of unbranched alkanes of at least 4 members (excludes halogenated alkanes) is 1. The van der Waals surface area contributed by atoms with Crippen LogP contribution in [0.2, 0.25) is 0 Å². The van der Waals surface area contributed by atoms with Gasteiger partial charge in [0.25, 0.3) is 11.6 Å². The zero-order valence-corrected chi connectivity index (χ0v) is 14.8. The molecule has 2 amide bonds. The van der Waals surface area contributed by atoms with Gasteiger partial charge in [-0.1, -0.05) is 13.3 Å². The number of nitro benzene ring substituents is 1. The summed E-state index contributed by atoms with van der Waals surface area (Å²) in [7, 11) is 0. The molecule has 0 bridgehead atoms. The third-order valence-electron chi connectivity index (χ3n) is 3.67. The number of carbonyl (C=O) groups excluding carboxylic acids is 2. The van der Waals surface area contributed by atoms with Crippen molar-refractivity contribution in [1.82, 2.24) is 5.43 Å². The molecule has 0 fully saturated rings. The Labute approximate surface area is 156 Å². The molecule has 8 nitrogen and oxygen atoms in total. The second kappa shape index (κ2) is 9.81. The van der Waals surface area contributed by atoms with Crippen LogP contribution in [0, 0.1) is 10.1 Å². The van der Waals surface area contributed by atoms with Crippen LogP contribution in [0.4, 0.5) is 11.4 Å². The lowest BCUT2D eigenvalue weighted by atomic mass is 10.2. The van der Waals surface area contributed by atoms with E-state index >= 15 is 0 Å². The fourth-order valence-electron chi connectivity index (χ4n) is 2.18. The van der Waals surface area contributed by atoms with Crippen molar-refractivity contribution in [2.24, 2.45) is 5.10 Å². The van der Waals surface area contributed by atoms with Crippen LogP contribution in [0.15, 0.2) is 53.6 Å². The van der Waals surface area contributed by atoms with Gasteiger partial charge in [-0.25, -0.2) is 5.43 Å². The first-order valence-corrected chi connectivity index (χ1v) is 8.47. The number of nitro groups is 1. The molecule has 0 unspecified atom stereocenters. The first kappa shape index (κ1) is 19.8. The average molecular weight is 368 g/mol. The summed E-state index contributed by atoms with van der Waals surface area (Å²) in [4.78, 5) is 33.8. The lowest BCUT2D eigenvalue weighted by molar-refractivity contribution is -0.384. The molecule has 2 N–H and O–H groups in total. The van der Waals surface area contributed by atoms with E-state index in [0.717, 1.165) is 12.8 Å². The van der Waals surface area contributed by atoms with Crippen molar-refractivity contribution in [3.63, 3.8) is 0 Å². The van der Waals surface area contributed by atoms with Crippen molar-refractivity contribution in [1.29, 1.82) is 0 Å². The largest absolute Gasteiger partial charge is 0.326 e. The van der Waals surface area contributed by atoms with E-state index in [1.54, 1.807) is 24.3 Å². The monoisotopic (exact) mass is 368 g/mol. The van der Waals surface area contributed by atoms with E-state index in [2.05, 4.69) is 15.8 Å². The summed E-state index contributed by atoms with van der Waals surface area (Å²) >= 11 is 0. The minimum Gasteiger partial charge on any atom is -0.326 e. The average Bonchev–Trinajstić information content (AvgIpc) is 2.67. The van der Waals surface area contributed by atoms with E-state index in [0.29, 0.717) is 23.2 Å². The molecule has 0 aliphatic rings. The van der Waals surface area contributed by atoms with E-state index in [1.807, 2.05) is 6.92 Å². The van der Waals surface area contributed by atoms with Crippen molar-refractivity contribution in [2.75, 3.05) is 5.32 Å². The SMILES string of the molecule is CCCCC(=O)Nc1ccc(C(=O)N/N=C/c2ccc([N+](=O)[O-])cc2)cc1. The molecule has 2 aromatic carbocycles. The molecule has 0 atom stereocenters. The summed E-state index contributed by atoms with van der Waals surface area (Å²) in [5.74, 6) is -0.459. The van der Waals surface area contributed by atoms with Gasteiger partial charge >= 0.3 is 0 Å². The molecule has 2 rings (SSSR count). The second-order valence-electron chi connectivity index (χ2n) is 5.78. The van der Waals surface area contributed by atoms with Gasteiger partial charge in [0.2, 0.25) is 5.91 Å². The Morgan fingerprint density at radius 2 is 1.78 bits per heavy atom. The number of carbonyl (C=O) groups is 2. The fourth-order valence-corrected chi connectivity index (χ4v) is 2.18. The number of rotatable bonds is 8. The molecular weight excluding hydrogens is 348 g/mol. The van der Waals surface area contributed by atoms with E-state index < -0.39 is 10.8 Å².